The van der Waals surface area contributed by atoms with Crippen molar-refractivity contribution >= 4 is 11.7 Å². The van der Waals surface area contributed by atoms with E-state index in [9.17, 15) is 9.90 Å². The van der Waals surface area contributed by atoms with E-state index in [4.69, 9.17) is 4.74 Å². The van der Waals surface area contributed by atoms with E-state index in [-0.39, 0.29) is 0 Å². The third-order valence-electron chi connectivity index (χ3n) is 5.06. The molecule has 0 saturated heterocycles. The molecule has 0 bridgehead atoms. The highest BCUT2D eigenvalue weighted by molar-refractivity contribution is 5.79. The summed E-state index contributed by atoms with van der Waals surface area (Å²) in [6.45, 7) is 5.25. The first-order valence-electron chi connectivity index (χ1n) is 9.83. The number of hydrogen-bond acceptors (Lipinski definition) is 3. The quantitative estimate of drug-likeness (QED) is 0.544. The van der Waals surface area contributed by atoms with Gasteiger partial charge >= 0.3 is 5.97 Å². The van der Waals surface area contributed by atoms with E-state index in [2.05, 4.69) is 29.2 Å². The maximum atomic E-state index is 11.8. The summed E-state index contributed by atoms with van der Waals surface area (Å²) in [5, 5.41) is 9.65. The van der Waals surface area contributed by atoms with Gasteiger partial charge in [-0.2, -0.15) is 0 Å². The molecule has 29 heavy (non-hydrogen) atoms. The Morgan fingerprint density at radius 3 is 1.76 bits per heavy atom. The lowest BCUT2D eigenvalue weighted by atomic mass is 9.95. The summed E-state index contributed by atoms with van der Waals surface area (Å²) >= 11 is 0. The molecule has 0 aliphatic carbocycles. The van der Waals surface area contributed by atoms with Gasteiger partial charge in [-0.05, 0) is 42.7 Å². The van der Waals surface area contributed by atoms with Crippen LogP contribution in [0.5, 0.6) is 0 Å². The fourth-order valence-electron chi connectivity index (χ4n) is 3.39. The second-order valence-corrected chi connectivity index (χ2v) is 7.15. The van der Waals surface area contributed by atoms with Gasteiger partial charge in [-0.25, -0.2) is 4.79 Å². The first kappa shape index (κ1) is 20.6. The van der Waals surface area contributed by atoms with Gasteiger partial charge in [-0.3, -0.25) is 0 Å². The molecule has 0 saturated carbocycles. The first-order valence-corrected chi connectivity index (χ1v) is 9.83. The minimum absolute atomic E-state index is 0.332. The van der Waals surface area contributed by atoms with Gasteiger partial charge in [0.1, 0.15) is 0 Å². The zero-order valence-corrected chi connectivity index (χ0v) is 16.9. The molecule has 0 fully saturated rings. The molecule has 0 aromatic heterocycles. The van der Waals surface area contributed by atoms with Crippen LogP contribution in [0, 0.1) is 0 Å². The average molecular weight is 389 g/mol. The lowest BCUT2D eigenvalue weighted by molar-refractivity contribution is -0.164. The molecule has 1 atom stereocenters. The van der Waals surface area contributed by atoms with Gasteiger partial charge in [-0.1, -0.05) is 72.8 Å². The van der Waals surface area contributed by atoms with Crippen molar-refractivity contribution in [3.8, 4) is 0 Å². The molecule has 0 unspecified atom stereocenters. The van der Waals surface area contributed by atoms with Crippen molar-refractivity contribution in [1.82, 2.24) is 0 Å². The fraction of sp³-hybridized carbons (Fsp3) is 0.240. The summed E-state index contributed by atoms with van der Waals surface area (Å²) in [7, 11) is 0. The van der Waals surface area contributed by atoms with Crippen molar-refractivity contribution in [2.24, 2.45) is 0 Å². The average Bonchev–Trinajstić information content (AvgIpc) is 2.75. The van der Waals surface area contributed by atoms with Gasteiger partial charge in [0.15, 0.2) is 5.60 Å². The number of anilines is 1. The van der Waals surface area contributed by atoms with Gasteiger partial charge < -0.3 is 14.7 Å². The monoisotopic (exact) mass is 389 g/mol. The van der Waals surface area contributed by atoms with Gasteiger partial charge in [0.25, 0.3) is 0 Å². The van der Waals surface area contributed by atoms with E-state index < -0.39 is 11.6 Å². The minimum Gasteiger partial charge on any atom is -0.479 e. The Hall–Kier alpha value is -3.11. The number of carbonyl (C=O) groups is 1. The van der Waals surface area contributed by atoms with Crippen LogP contribution in [0.15, 0.2) is 84.9 Å². The van der Waals surface area contributed by atoms with E-state index in [0.717, 1.165) is 18.8 Å². The van der Waals surface area contributed by atoms with Gasteiger partial charge in [0, 0.05) is 25.4 Å². The van der Waals surface area contributed by atoms with E-state index in [0.29, 0.717) is 12.2 Å². The number of nitrogens with zero attached hydrogens (tertiary/aromatic N) is 1. The van der Waals surface area contributed by atoms with Crippen molar-refractivity contribution in [2.75, 3.05) is 11.5 Å². The highest BCUT2D eigenvalue weighted by Crippen LogP contribution is 2.29. The molecule has 0 heterocycles. The maximum absolute atomic E-state index is 11.8. The van der Waals surface area contributed by atoms with Crippen LogP contribution in [-0.2, 0) is 28.2 Å². The second kappa shape index (κ2) is 9.39. The lowest BCUT2D eigenvalue weighted by Crippen LogP contribution is -2.35. The number of hydrogen-bond donors (Lipinski definition) is 1. The minimum atomic E-state index is -1.35. The molecule has 0 spiro atoms. The molecule has 1 N–H and O–H groups in total. The first-order chi connectivity index (χ1) is 14.0. The van der Waals surface area contributed by atoms with Crippen molar-refractivity contribution in [3.05, 3.63) is 102 Å². The predicted molar refractivity (Wildman–Crippen MR) is 116 cm³/mol. The third kappa shape index (κ3) is 5.04. The van der Waals surface area contributed by atoms with Crippen LogP contribution < -0.4 is 4.90 Å². The summed E-state index contributed by atoms with van der Waals surface area (Å²) in [6, 6.07) is 28.3. The third-order valence-corrected chi connectivity index (χ3v) is 5.06. The molecule has 0 aliphatic rings. The molecule has 0 radical (unpaired) electrons. The van der Waals surface area contributed by atoms with Crippen LogP contribution in [0.2, 0.25) is 0 Å². The van der Waals surface area contributed by atoms with Crippen LogP contribution in [0.1, 0.15) is 30.5 Å². The Balaban J connectivity index is 1.89. The van der Waals surface area contributed by atoms with Crippen LogP contribution in [0.3, 0.4) is 0 Å². The summed E-state index contributed by atoms with van der Waals surface area (Å²) in [5.41, 5.74) is 2.76. The predicted octanol–water partition coefficient (Wildman–Crippen LogP) is 5.23. The largest absolute Gasteiger partial charge is 0.479 e. The molecule has 0 aliphatic heterocycles. The van der Waals surface area contributed by atoms with Gasteiger partial charge in [-0.15, -0.1) is 0 Å². The molecule has 0 amide bonds. The normalized spacial score (nSPS) is 12.9. The van der Waals surface area contributed by atoms with Crippen molar-refractivity contribution < 1.29 is 14.6 Å². The molecule has 4 nitrogen and oxygen atoms in total. The number of rotatable bonds is 9. The van der Waals surface area contributed by atoms with Crippen LogP contribution in [-0.4, -0.2) is 17.7 Å². The number of ether oxygens (including phenoxy) is 1. The van der Waals surface area contributed by atoms with Crippen LogP contribution >= 0.6 is 0 Å². The molecule has 3 aromatic rings. The number of carboxylic acids is 1. The van der Waals surface area contributed by atoms with E-state index in [1.54, 1.807) is 13.8 Å². The fourth-order valence-corrected chi connectivity index (χ4v) is 3.39. The number of benzene rings is 3. The zero-order chi connectivity index (χ0) is 20.7. The Labute approximate surface area is 172 Å². The Morgan fingerprint density at radius 1 is 0.862 bits per heavy atom. The SMILES string of the molecule is CCO[C@@](C)(C(=O)O)c1ccc(N(Cc2ccccc2)Cc2ccccc2)cc1. The Kier molecular flexibility index (Phi) is 6.68. The molecular formula is C25H27NO3. The van der Waals surface area contributed by atoms with Crippen LogP contribution in [0.25, 0.3) is 0 Å². The summed E-state index contributed by atoms with van der Waals surface area (Å²) in [6.07, 6.45) is 0. The molecular weight excluding hydrogens is 362 g/mol. The Morgan fingerprint density at radius 2 is 1.34 bits per heavy atom. The molecule has 4 heteroatoms. The smallest absolute Gasteiger partial charge is 0.340 e. The van der Waals surface area contributed by atoms with E-state index >= 15 is 0 Å². The Bertz CT molecular complexity index is 868. The summed E-state index contributed by atoms with van der Waals surface area (Å²) < 4.78 is 5.56. The zero-order valence-electron chi connectivity index (χ0n) is 16.9. The van der Waals surface area contributed by atoms with E-state index in [1.807, 2.05) is 60.7 Å². The maximum Gasteiger partial charge on any atom is 0.340 e. The topological polar surface area (TPSA) is 49.8 Å². The molecule has 3 rings (SSSR count). The molecule has 3 aromatic carbocycles. The van der Waals surface area contributed by atoms with Gasteiger partial charge in [0.05, 0.1) is 0 Å². The molecule has 150 valence electrons. The summed E-state index contributed by atoms with van der Waals surface area (Å²) in [4.78, 5) is 14.1. The second-order valence-electron chi connectivity index (χ2n) is 7.15. The highest BCUT2D eigenvalue weighted by atomic mass is 16.5. The lowest BCUT2D eigenvalue weighted by Gasteiger charge is -2.28. The van der Waals surface area contributed by atoms with Crippen LogP contribution in [0.4, 0.5) is 5.69 Å². The van der Waals surface area contributed by atoms with E-state index in [1.165, 1.54) is 11.1 Å². The van der Waals surface area contributed by atoms with Crippen molar-refractivity contribution in [3.63, 3.8) is 0 Å². The van der Waals surface area contributed by atoms with Crippen molar-refractivity contribution in [1.29, 1.82) is 0 Å². The summed E-state index contributed by atoms with van der Waals surface area (Å²) in [5.74, 6) is -0.988. The number of aliphatic carboxylic acids is 1. The standard InChI is InChI=1S/C25H27NO3/c1-3-29-25(2,24(27)28)22-14-16-23(17-15-22)26(18-20-10-6-4-7-11-20)19-21-12-8-5-9-13-21/h4-17H,3,18-19H2,1-2H3,(H,27,28)/t25-/m1/s1. The highest BCUT2D eigenvalue weighted by Gasteiger charge is 2.36. The van der Waals surface area contributed by atoms with Crippen molar-refractivity contribution in [2.45, 2.75) is 32.5 Å². The van der Waals surface area contributed by atoms with Gasteiger partial charge in [0.2, 0.25) is 0 Å². The number of carboxylic acid groups (broad SMARTS) is 1.